The van der Waals surface area contributed by atoms with E-state index in [4.69, 9.17) is 0 Å². The van der Waals surface area contributed by atoms with Crippen molar-refractivity contribution in [1.82, 2.24) is 5.32 Å². The molecular formula is C18H18F2N2O4S. The summed E-state index contributed by atoms with van der Waals surface area (Å²) >= 11 is 0. The number of benzene rings is 2. The molecule has 0 aliphatic carbocycles. The predicted molar refractivity (Wildman–Crippen MR) is 96.6 cm³/mol. The topological polar surface area (TPSA) is 75.7 Å². The highest BCUT2D eigenvalue weighted by molar-refractivity contribution is 7.92. The van der Waals surface area contributed by atoms with Gasteiger partial charge in [0.2, 0.25) is 10.0 Å². The zero-order valence-corrected chi connectivity index (χ0v) is 15.3. The lowest BCUT2D eigenvalue weighted by Crippen LogP contribution is -2.27. The largest absolute Gasteiger partial charge is 0.434 e. The number of ether oxygens (including phenoxy) is 1. The van der Waals surface area contributed by atoms with E-state index >= 15 is 0 Å². The fourth-order valence-electron chi connectivity index (χ4n) is 3.00. The molecular weight excluding hydrogens is 378 g/mol. The van der Waals surface area contributed by atoms with E-state index in [1.807, 2.05) is 0 Å². The van der Waals surface area contributed by atoms with E-state index < -0.39 is 16.6 Å². The second kappa shape index (κ2) is 7.51. The van der Waals surface area contributed by atoms with E-state index in [1.165, 1.54) is 10.4 Å². The first-order valence-electron chi connectivity index (χ1n) is 8.17. The van der Waals surface area contributed by atoms with Crippen LogP contribution in [0, 0.1) is 0 Å². The molecule has 27 heavy (non-hydrogen) atoms. The Hall–Kier alpha value is -2.68. The number of nitrogens with one attached hydrogen (secondary N) is 1. The first-order valence-corrected chi connectivity index (χ1v) is 10.0. The van der Waals surface area contributed by atoms with Crippen LogP contribution >= 0.6 is 0 Å². The molecule has 1 amide bonds. The van der Waals surface area contributed by atoms with Crippen molar-refractivity contribution in [2.75, 3.05) is 17.1 Å². The summed E-state index contributed by atoms with van der Waals surface area (Å²) in [6.07, 6.45) is 1.66. The molecule has 0 bridgehead atoms. The standard InChI is InChI=1S/C18H18F2N2O4S/c1-27(24,25)22-9-8-12-10-13(6-7-15(12)22)17(23)21-11-14-4-2-3-5-16(14)26-18(19)20/h2-7,10,18H,8-9,11H2,1H3,(H,21,23). The zero-order chi connectivity index (χ0) is 19.6. The minimum atomic E-state index is -3.35. The molecule has 0 aromatic heterocycles. The zero-order valence-electron chi connectivity index (χ0n) is 14.5. The van der Waals surface area contributed by atoms with Gasteiger partial charge in [0.05, 0.1) is 11.9 Å². The molecule has 1 heterocycles. The van der Waals surface area contributed by atoms with E-state index in [2.05, 4.69) is 10.1 Å². The van der Waals surface area contributed by atoms with Gasteiger partial charge in [0.1, 0.15) is 5.75 Å². The lowest BCUT2D eigenvalue weighted by molar-refractivity contribution is -0.0504. The first kappa shape index (κ1) is 19.1. The van der Waals surface area contributed by atoms with E-state index in [0.717, 1.165) is 11.8 Å². The van der Waals surface area contributed by atoms with Crippen molar-refractivity contribution in [2.45, 2.75) is 19.6 Å². The van der Waals surface area contributed by atoms with Gasteiger partial charge in [-0.15, -0.1) is 0 Å². The van der Waals surface area contributed by atoms with E-state index in [1.54, 1.807) is 36.4 Å². The number of carbonyl (C=O) groups is 1. The van der Waals surface area contributed by atoms with Gasteiger partial charge in [-0.3, -0.25) is 9.10 Å². The third-order valence-electron chi connectivity index (χ3n) is 4.22. The van der Waals surface area contributed by atoms with Crippen molar-refractivity contribution < 1.29 is 26.7 Å². The molecule has 0 radical (unpaired) electrons. The minimum absolute atomic E-state index is 0.00514. The summed E-state index contributed by atoms with van der Waals surface area (Å²) in [5, 5.41) is 2.67. The molecule has 0 unspecified atom stereocenters. The normalized spacial score (nSPS) is 13.6. The van der Waals surface area contributed by atoms with Crippen molar-refractivity contribution in [1.29, 1.82) is 0 Å². The molecule has 9 heteroatoms. The van der Waals surface area contributed by atoms with Crippen LogP contribution in [0.4, 0.5) is 14.5 Å². The van der Waals surface area contributed by atoms with E-state index in [0.29, 0.717) is 29.8 Å². The van der Waals surface area contributed by atoms with Gasteiger partial charge in [0.15, 0.2) is 0 Å². The quantitative estimate of drug-likeness (QED) is 0.814. The fraction of sp³-hybridized carbons (Fsp3) is 0.278. The molecule has 6 nitrogen and oxygen atoms in total. The molecule has 1 aliphatic heterocycles. The maximum Gasteiger partial charge on any atom is 0.387 e. The number of para-hydroxylation sites is 1. The van der Waals surface area contributed by atoms with Crippen molar-refractivity contribution in [2.24, 2.45) is 0 Å². The molecule has 2 aromatic rings. The van der Waals surface area contributed by atoms with Crippen LogP contribution in [0.15, 0.2) is 42.5 Å². The Morgan fingerprint density at radius 1 is 1.26 bits per heavy atom. The number of hydrogen-bond acceptors (Lipinski definition) is 4. The summed E-state index contributed by atoms with van der Waals surface area (Å²) in [7, 11) is -3.35. The smallest absolute Gasteiger partial charge is 0.387 e. The maximum absolute atomic E-state index is 12.5. The maximum atomic E-state index is 12.5. The number of amides is 1. The SMILES string of the molecule is CS(=O)(=O)N1CCc2cc(C(=O)NCc3ccccc3OC(F)F)ccc21. The summed E-state index contributed by atoms with van der Waals surface area (Å²) in [5.41, 5.74) is 2.14. The Kier molecular flexibility index (Phi) is 5.31. The Balaban J connectivity index is 1.72. The fourth-order valence-corrected chi connectivity index (χ4v) is 3.95. The van der Waals surface area contributed by atoms with Gasteiger partial charge in [-0.1, -0.05) is 18.2 Å². The molecule has 0 saturated heterocycles. The van der Waals surface area contributed by atoms with Gasteiger partial charge in [-0.05, 0) is 36.2 Å². The number of carbonyl (C=O) groups excluding carboxylic acids is 1. The Bertz CT molecular complexity index is 964. The molecule has 0 fully saturated rings. The van der Waals surface area contributed by atoms with Crippen LogP contribution < -0.4 is 14.4 Å². The number of nitrogens with zero attached hydrogens (tertiary/aromatic N) is 1. The average molecular weight is 396 g/mol. The number of anilines is 1. The summed E-state index contributed by atoms with van der Waals surface area (Å²) in [5.74, 6) is -0.381. The Morgan fingerprint density at radius 3 is 2.70 bits per heavy atom. The number of sulfonamides is 1. The van der Waals surface area contributed by atoms with E-state index in [9.17, 15) is 22.0 Å². The number of hydrogen-bond donors (Lipinski definition) is 1. The molecule has 0 spiro atoms. The van der Waals surface area contributed by atoms with E-state index in [-0.39, 0.29) is 18.2 Å². The van der Waals surface area contributed by atoms with Crippen LogP contribution in [0.25, 0.3) is 0 Å². The summed E-state index contributed by atoms with van der Waals surface area (Å²) in [6, 6.07) is 11.0. The van der Waals surface area contributed by atoms with Crippen molar-refractivity contribution in [3.05, 3.63) is 59.2 Å². The van der Waals surface area contributed by atoms with Gasteiger partial charge in [-0.2, -0.15) is 8.78 Å². The highest BCUT2D eigenvalue weighted by Gasteiger charge is 2.26. The van der Waals surface area contributed by atoms with Crippen LogP contribution in [-0.4, -0.2) is 33.7 Å². The van der Waals surface area contributed by atoms with Crippen molar-refractivity contribution in [3.8, 4) is 5.75 Å². The number of alkyl halides is 2. The van der Waals surface area contributed by atoms with Gasteiger partial charge in [-0.25, -0.2) is 8.42 Å². The Morgan fingerprint density at radius 2 is 2.00 bits per heavy atom. The van der Waals surface area contributed by atoms with Gasteiger partial charge >= 0.3 is 6.61 Å². The van der Waals surface area contributed by atoms with Gasteiger partial charge < -0.3 is 10.1 Å². The summed E-state index contributed by atoms with van der Waals surface area (Å²) in [4.78, 5) is 12.4. The lowest BCUT2D eigenvalue weighted by Gasteiger charge is -2.16. The van der Waals surface area contributed by atoms with Crippen LogP contribution in [0.2, 0.25) is 0 Å². The molecule has 0 atom stereocenters. The summed E-state index contributed by atoms with van der Waals surface area (Å²) < 4.78 is 54.2. The molecule has 1 N–H and O–H groups in total. The molecule has 2 aromatic carbocycles. The van der Waals surface area contributed by atoms with Crippen LogP contribution in [0.1, 0.15) is 21.5 Å². The first-order chi connectivity index (χ1) is 12.8. The minimum Gasteiger partial charge on any atom is -0.434 e. The third-order valence-corrected chi connectivity index (χ3v) is 5.40. The van der Waals surface area contributed by atoms with Crippen molar-refractivity contribution >= 4 is 21.6 Å². The number of halogens is 2. The second-order valence-corrected chi connectivity index (χ2v) is 8.00. The molecule has 1 aliphatic rings. The average Bonchev–Trinajstić information content (AvgIpc) is 3.03. The molecule has 144 valence electrons. The monoisotopic (exact) mass is 396 g/mol. The van der Waals surface area contributed by atoms with Crippen LogP contribution in [-0.2, 0) is 23.0 Å². The molecule has 3 rings (SSSR count). The van der Waals surface area contributed by atoms with Crippen LogP contribution in [0.3, 0.4) is 0 Å². The van der Waals surface area contributed by atoms with Crippen molar-refractivity contribution in [3.63, 3.8) is 0 Å². The van der Waals surface area contributed by atoms with Crippen LogP contribution in [0.5, 0.6) is 5.75 Å². The third kappa shape index (κ3) is 4.36. The Labute approximate surface area is 155 Å². The number of fused-ring (bicyclic) bond motifs is 1. The highest BCUT2D eigenvalue weighted by Crippen LogP contribution is 2.30. The highest BCUT2D eigenvalue weighted by atomic mass is 32.2. The van der Waals surface area contributed by atoms with Gasteiger partial charge in [0, 0.05) is 24.2 Å². The summed E-state index contributed by atoms with van der Waals surface area (Å²) in [6.45, 7) is -2.58. The second-order valence-electron chi connectivity index (χ2n) is 6.10. The van der Waals surface area contributed by atoms with Gasteiger partial charge in [0.25, 0.3) is 5.91 Å². The predicted octanol–water partition coefficient (Wildman–Crippen LogP) is 2.54. The lowest BCUT2D eigenvalue weighted by atomic mass is 10.1. The molecule has 0 saturated carbocycles. The number of rotatable bonds is 6.